The van der Waals surface area contributed by atoms with Gasteiger partial charge in [-0.15, -0.1) is 0 Å². The van der Waals surface area contributed by atoms with Crippen molar-refractivity contribution in [3.8, 4) is 11.5 Å². The number of benzene rings is 1. The highest BCUT2D eigenvalue weighted by Gasteiger charge is 2.13. The fraction of sp³-hybridized carbons (Fsp3) is 0.625. The van der Waals surface area contributed by atoms with Crippen LogP contribution < -0.4 is 9.47 Å². The third-order valence-electron chi connectivity index (χ3n) is 3.98. The molecule has 0 spiro atoms. The molecule has 18 heavy (non-hydrogen) atoms. The number of rotatable bonds is 5. The summed E-state index contributed by atoms with van der Waals surface area (Å²) in [6.45, 7) is 0. The fourth-order valence-corrected chi connectivity index (χ4v) is 2.86. The van der Waals surface area contributed by atoms with Gasteiger partial charge in [0.15, 0.2) is 0 Å². The first kappa shape index (κ1) is 13.3. The van der Waals surface area contributed by atoms with Gasteiger partial charge in [0.2, 0.25) is 0 Å². The van der Waals surface area contributed by atoms with Crippen molar-refractivity contribution in [1.29, 1.82) is 0 Å². The molecule has 1 aliphatic rings. The summed E-state index contributed by atoms with van der Waals surface area (Å²) < 4.78 is 10.6. The Morgan fingerprint density at radius 2 is 1.56 bits per heavy atom. The monoisotopic (exact) mass is 248 g/mol. The van der Waals surface area contributed by atoms with E-state index in [9.17, 15) is 0 Å². The van der Waals surface area contributed by atoms with E-state index in [1.54, 1.807) is 14.2 Å². The number of hydrogen-bond acceptors (Lipinski definition) is 2. The van der Waals surface area contributed by atoms with Gasteiger partial charge in [0.1, 0.15) is 11.5 Å². The van der Waals surface area contributed by atoms with Crippen LogP contribution in [0.25, 0.3) is 0 Å². The zero-order valence-corrected chi connectivity index (χ0v) is 11.6. The van der Waals surface area contributed by atoms with Crippen molar-refractivity contribution in [2.45, 2.75) is 44.9 Å². The highest BCUT2D eigenvalue weighted by molar-refractivity contribution is 5.38. The van der Waals surface area contributed by atoms with E-state index in [-0.39, 0.29) is 0 Å². The predicted octanol–water partition coefficient (Wildman–Crippen LogP) is 4.22. The molecular weight excluding hydrogens is 224 g/mol. The maximum atomic E-state index is 5.31. The Labute approximate surface area is 110 Å². The summed E-state index contributed by atoms with van der Waals surface area (Å²) in [5, 5.41) is 0. The minimum absolute atomic E-state index is 0.896. The molecule has 0 aromatic heterocycles. The summed E-state index contributed by atoms with van der Waals surface area (Å²) in [6, 6.07) is 6.20. The second kappa shape index (κ2) is 6.67. The Kier molecular flexibility index (Phi) is 4.91. The largest absolute Gasteiger partial charge is 0.497 e. The van der Waals surface area contributed by atoms with Gasteiger partial charge in [0.25, 0.3) is 0 Å². The zero-order chi connectivity index (χ0) is 12.8. The molecule has 0 saturated heterocycles. The Bertz CT molecular complexity index is 345. The highest BCUT2D eigenvalue weighted by Crippen LogP contribution is 2.29. The van der Waals surface area contributed by atoms with Gasteiger partial charge < -0.3 is 9.47 Å². The van der Waals surface area contributed by atoms with E-state index in [1.807, 2.05) is 6.07 Å². The molecule has 1 aromatic carbocycles. The summed E-state index contributed by atoms with van der Waals surface area (Å²) >= 11 is 0. The lowest BCUT2D eigenvalue weighted by atomic mass is 9.85. The van der Waals surface area contributed by atoms with Gasteiger partial charge in [-0.25, -0.2) is 0 Å². The molecule has 2 nitrogen and oxygen atoms in total. The normalized spacial score (nSPS) is 16.6. The second-order valence-corrected chi connectivity index (χ2v) is 5.26. The van der Waals surface area contributed by atoms with Crippen LogP contribution in [0.15, 0.2) is 18.2 Å². The Balaban J connectivity index is 1.94. The maximum Gasteiger partial charge on any atom is 0.122 e. The fourth-order valence-electron chi connectivity index (χ4n) is 2.86. The van der Waals surface area contributed by atoms with Crippen LogP contribution in [0.4, 0.5) is 0 Å². The average Bonchev–Trinajstić information content (AvgIpc) is 2.45. The third-order valence-corrected chi connectivity index (χ3v) is 3.98. The molecule has 0 heterocycles. The van der Waals surface area contributed by atoms with E-state index in [0.29, 0.717) is 0 Å². The van der Waals surface area contributed by atoms with Crippen molar-refractivity contribution in [2.75, 3.05) is 14.2 Å². The van der Waals surface area contributed by atoms with Gasteiger partial charge in [-0.05, 0) is 36.5 Å². The van der Waals surface area contributed by atoms with Crippen LogP contribution >= 0.6 is 0 Å². The third kappa shape index (κ3) is 3.66. The van der Waals surface area contributed by atoms with Crippen LogP contribution in [-0.2, 0) is 6.42 Å². The molecule has 2 rings (SSSR count). The molecule has 0 bridgehead atoms. The van der Waals surface area contributed by atoms with Gasteiger partial charge in [-0.3, -0.25) is 0 Å². The SMILES string of the molecule is COc1cc(CCC2CCCCC2)cc(OC)c1. The summed E-state index contributed by atoms with van der Waals surface area (Å²) in [5.74, 6) is 2.72. The Hall–Kier alpha value is -1.18. The molecule has 1 saturated carbocycles. The van der Waals surface area contributed by atoms with E-state index in [2.05, 4.69) is 12.1 Å². The first-order valence-corrected chi connectivity index (χ1v) is 7.04. The molecule has 2 heteroatoms. The molecule has 0 unspecified atom stereocenters. The van der Waals surface area contributed by atoms with Crippen molar-refractivity contribution in [3.63, 3.8) is 0 Å². The topological polar surface area (TPSA) is 18.5 Å². The van der Waals surface area contributed by atoms with E-state index in [1.165, 1.54) is 44.1 Å². The van der Waals surface area contributed by atoms with Crippen LogP contribution in [-0.4, -0.2) is 14.2 Å². The quantitative estimate of drug-likeness (QED) is 0.777. The van der Waals surface area contributed by atoms with Crippen LogP contribution in [0.5, 0.6) is 11.5 Å². The summed E-state index contributed by atoms with van der Waals surface area (Å²) in [5.41, 5.74) is 1.33. The highest BCUT2D eigenvalue weighted by atomic mass is 16.5. The zero-order valence-electron chi connectivity index (χ0n) is 11.6. The van der Waals surface area contributed by atoms with Gasteiger partial charge in [0.05, 0.1) is 14.2 Å². The van der Waals surface area contributed by atoms with Gasteiger partial charge in [-0.2, -0.15) is 0 Å². The Morgan fingerprint density at radius 1 is 0.944 bits per heavy atom. The molecule has 1 fully saturated rings. The number of hydrogen-bond donors (Lipinski definition) is 0. The van der Waals surface area contributed by atoms with Crippen molar-refractivity contribution < 1.29 is 9.47 Å². The van der Waals surface area contributed by atoms with Crippen LogP contribution in [0.2, 0.25) is 0 Å². The lowest BCUT2D eigenvalue weighted by Gasteiger charge is -2.21. The van der Waals surface area contributed by atoms with Crippen LogP contribution in [0.1, 0.15) is 44.1 Å². The molecule has 1 aliphatic carbocycles. The molecule has 100 valence electrons. The lowest BCUT2D eigenvalue weighted by molar-refractivity contribution is 0.338. The molecule has 0 atom stereocenters. The molecule has 1 aromatic rings. The van der Waals surface area contributed by atoms with E-state index >= 15 is 0 Å². The molecular formula is C16H24O2. The predicted molar refractivity (Wildman–Crippen MR) is 74.4 cm³/mol. The van der Waals surface area contributed by atoms with Crippen molar-refractivity contribution >= 4 is 0 Å². The minimum Gasteiger partial charge on any atom is -0.497 e. The maximum absolute atomic E-state index is 5.31. The number of ether oxygens (including phenoxy) is 2. The summed E-state index contributed by atoms with van der Waals surface area (Å²) in [6.07, 6.45) is 9.55. The number of aryl methyl sites for hydroxylation is 1. The summed E-state index contributed by atoms with van der Waals surface area (Å²) in [4.78, 5) is 0. The number of methoxy groups -OCH3 is 2. The average molecular weight is 248 g/mol. The molecule has 0 N–H and O–H groups in total. The van der Waals surface area contributed by atoms with E-state index in [0.717, 1.165) is 23.8 Å². The smallest absolute Gasteiger partial charge is 0.122 e. The van der Waals surface area contributed by atoms with E-state index < -0.39 is 0 Å². The molecule has 0 aliphatic heterocycles. The first-order valence-electron chi connectivity index (χ1n) is 7.04. The molecule has 0 radical (unpaired) electrons. The second-order valence-electron chi connectivity index (χ2n) is 5.26. The minimum atomic E-state index is 0.896. The van der Waals surface area contributed by atoms with Crippen LogP contribution in [0.3, 0.4) is 0 Å². The van der Waals surface area contributed by atoms with Crippen LogP contribution in [0, 0.1) is 5.92 Å². The van der Waals surface area contributed by atoms with Crippen molar-refractivity contribution in [3.05, 3.63) is 23.8 Å². The van der Waals surface area contributed by atoms with Gasteiger partial charge in [0, 0.05) is 6.07 Å². The lowest BCUT2D eigenvalue weighted by Crippen LogP contribution is -2.07. The summed E-state index contributed by atoms with van der Waals surface area (Å²) in [7, 11) is 3.42. The standard InChI is InChI=1S/C16H24O2/c1-17-15-10-14(11-16(12-15)18-2)9-8-13-6-4-3-5-7-13/h10-13H,3-9H2,1-2H3. The van der Waals surface area contributed by atoms with Crippen molar-refractivity contribution in [2.24, 2.45) is 5.92 Å². The van der Waals surface area contributed by atoms with Gasteiger partial charge >= 0.3 is 0 Å². The Morgan fingerprint density at radius 3 is 2.11 bits per heavy atom. The van der Waals surface area contributed by atoms with E-state index in [4.69, 9.17) is 9.47 Å². The van der Waals surface area contributed by atoms with Gasteiger partial charge in [-0.1, -0.05) is 32.1 Å². The first-order chi connectivity index (χ1) is 8.81. The van der Waals surface area contributed by atoms with Crippen molar-refractivity contribution in [1.82, 2.24) is 0 Å². The molecule has 0 amide bonds.